The van der Waals surface area contributed by atoms with Crippen molar-refractivity contribution in [1.29, 1.82) is 5.26 Å². The number of halogens is 3. The zero-order chi connectivity index (χ0) is 27.6. The summed E-state index contributed by atoms with van der Waals surface area (Å²) in [4.78, 5) is 40.5. The van der Waals surface area contributed by atoms with E-state index in [1.165, 1.54) is 11.8 Å². The number of rotatable bonds is 13. The van der Waals surface area contributed by atoms with E-state index in [1.54, 1.807) is 41.4 Å². The van der Waals surface area contributed by atoms with Gasteiger partial charge in [0.2, 0.25) is 17.7 Å². The first-order chi connectivity index (χ1) is 17.5. The molecule has 1 heterocycles. The number of likely N-dealkylation sites (N-methyl/N-ethyl adjacent to an activating group) is 1. The molecule has 0 radical (unpaired) electrons. The third-order valence-corrected chi connectivity index (χ3v) is 7.30. The van der Waals surface area contributed by atoms with Gasteiger partial charge in [0.05, 0.1) is 23.2 Å². The highest BCUT2D eigenvalue weighted by Crippen LogP contribution is 2.37. The van der Waals surface area contributed by atoms with Crippen molar-refractivity contribution >= 4 is 40.9 Å². The zero-order valence-corrected chi connectivity index (χ0v) is 21.9. The van der Waals surface area contributed by atoms with Crippen molar-refractivity contribution in [2.45, 2.75) is 43.5 Å². The van der Waals surface area contributed by atoms with Crippen LogP contribution in [0.3, 0.4) is 0 Å². The van der Waals surface area contributed by atoms with E-state index in [0.717, 1.165) is 12.2 Å². The van der Waals surface area contributed by atoms with Gasteiger partial charge in [0, 0.05) is 30.9 Å². The van der Waals surface area contributed by atoms with E-state index in [4.69, 9.17) is 0 Å². The monoisotopic (exact) mass is 542 g/mol. The molecule has 1 saturated heterocycles. The number of hydrogen-bond donors (Lipinski definition) is 3. The summed E-state index contributed by atoms with van der Waals surface area (Å²) in [6.07, 6.45) is -4.16. The van der Waals surface area contributed by atoms with Gasteiger partial charge in [-0.1, -0.05) is 13.0 Å². The fourth-order valence-electron chi connectivity index (χ4n) is 3.72. The standard InChI is InChI=1S/C24H33F3N6O3S/c1-4-32(3)14-20(34)31-18-8-6-7-17(12-18)29-10-9-19-23(36)33(5-2)21(37-19)11-16(13-28)22(35)30-15-24(25,26)27/h6-8,12,16,19,21,29H,4-5,9-11,14-15H2,1-3H3,(H,30,35)(H,31,34). The summed E-state index contributed by atoms with van der Waals surface area (Å²) in [7, 11) is 1.85. The first kappa shape index (κ1) is 30.2. The van der Waals surface area contributed by atoms with Crippen LogP contribution < -0.4 is 16.0 Å². The maximum atomic E-state index is 12.9. The molecule has 9 nitrogen and oxygen atoms in total. The highest BCUT2D eigenvalue weighted by Gasteiger charge is 2.41. The van der Waals surface area contributed by atoms with Crippen molar-refractivity contribution in [1.82, 2.24) is 15.1 Å². The zero-order valence-electron chi connectivity index (χ0n) is 21.1. The molecule has 1 aromatic rings. The van der Waals surface area contributed by atoms with Gasteiger partial charge in [-0.2, -0.15) is 18.4 Å². The summed E-state index contributed by atoms with van der Waals surface area (Å²) >= 11 is 1.31. The van der Waals surface area contributed by atoms with Crippen LogP contribution in [-0.2, 0) is 14.4 Å². The molecule has 1 aliphatic rings. The van der Waals surface area contributed by atoms with Gasteiger partial charge in [-0.3, -0.25) is 19.3 Å². The number of nitrogens with one attached hydrogen (secondary N) is 3. The van der Waals surface area contributed by atoms with Gasteiger partial charge in [0.1, 0.15) is 12.5 Å². The Balaban J connectivity index is 1.90. The Kier molecular flexibility index (Phi) is 11.5. The lowest BCUT2D eigenvalue weighted by Crippen LogP contribution is -2.40. The van der Waals surface area contributed by atoms with Crippen LogP contribution in [0, 0.1) is 17.2 Å². The summed E-state index contributed by atoms with van der Waals surface area (Å²) in [5.41, 5.74) is 1.42. The van der Waals surface area contributed by atoms with Crippen molar-refractivity contribution in [3.05, 3.63) is 24.3 Å². The number of nitrogens with zero attached hydrogens (tertiary/aromatic N) is 3. The predicted octanol–water partition coefficient (Wildman–Crippen LogP) is 2.88. The van der Waals surface area contributed by atoms with Crippen molar-refractivity contribution in [2.75, 3.05) is 50.4 Å². The summed E-state index contributed by atoms with van der Waals surface area (Å²) < 4.78 is 37.2. The molecule has 1 aliphatic heterocycles. The van der Waals surface area contributed by atoms with Crippen LogP contribution in [0.25, 0.3) is 0 Å². The minimum absolute atomic E-state index is 0.0523. The van der Waals surface area contributed by atoms with Gasteiger partial charge in [-0.15, -0.1) is 11.8 Å². The maximum absolute atomic E-state index is 12.9. The quantitative estimate of drug-likeness (QED) is 0.351. The molecule has 1 fully saturated rings. The minimum atomic E-state index is -4.57. The maximum Gasteiger partial charge on any atom is 0.405 e. The smallest absolute Gasteiger partial charge is 0.385 e. The number of benzene rings is 1. The Morgan fingerprint density at radius 2 is 1.97 bits per heavy atom. The predicted molar refractivity (Wildman–Crippen MR) is 137 cm³/mol. The second-order valence-corrected chi connectivity index (χ2v) is 10.0. The van der Waals surface area contributed by atoms with Crippen LogP contribution in [0.5, 0.6) is 0 Å². The molecule has 0 aliphatic carbocycles. The summed E-state index contributed by atoms with van der Waals surface area (Å²) in [5, 5.41) is 16.3. The highest BCUT2D eigenvalue weighted by atomic mass is 32.2. The third kappa shape index (κ3) is 9.77. The molecule has 3 amide bonds. The fourth-order valence-corrected chi connectivity index (χ4v) is 5.31. The van der Waals surface area contributed by atoms with E-state index in [1.807, 2.05) is 24.9 Å². The molecule has 13 heteroatoms. The summed E-state index contributed by atoms with van der Waals surface area (Å²) in [6, 6.07) is 8.99. The number of carbonyl (C=O) groups is 3. The second-order valence-electron chi connectivity index (χ2n) is 8.63. The SMILES string of the molecule is CCN(C)CC(=O)Nc1cccc(NCCC2SC(CC(C#N)C(=O)NCC(F)(F)F)N(CC)C2=O)c1. The van der Waals surface area contributed by atoms with Gasteiger partial charge in [0.25, 0.3) is 0 Å². The molecular formula is C24H33F3N6O3S. The normalized spacial score (nSPS) is 18.4. The molecule has 0 spiro atoms. The lowest BCUT2D eigenvalue weighted by atomic mass is 10.1. The van der Waals surface area contributed by atoms with E-state index < -0.39 is 35.2 Å². The highest BCUT2D eigenvalue weighted by molar-refractivity contribution is 8.01. The van der Waals surface area contributed by atoms with Gasteiger partial charge in [0.15, 0.2) is 0 Å². The molecule has 2 rings (SSSR count). The molecule has 0 aromatic heterocycles. The number of amides is 3. The minimum Gasteiger partial charge on any atom is -0.385 e. The molecule has 3 unspecified atom stereocenters. The van der Waals surface area contributed by atoms with Crippen LogP contribution in [0.4, 0.5) is 24.5 Å². The van der Waals surface area contributed by atoms with Crippen molar-refractivity contribution in [3.8, 4) is 6.07 Å². The van der Waals surface area contributed by atoms with E-state index >= 15 is 0 Å². The van der Waals surface area contributed by atoms with Crippen LogP contribution in [-0.4, -0.2) is 84.1 Å². The first-order valence-electron chi connectivity index (χ1n) is 12.0. The number of alkyl halides is 3. The fraction of sp³-hybridized carbons (Fsp3) is 0.583. The molecule has 37 heavy (non-hydrogen) atoms. The number of anilines is 2. The van der Waals surface area contributed by atoms with Gasteiger partial charge in [-0.25, -0.2) is 0 Å². The molecule has 3 atom stereocenters. The number of nitriles is 1. The average Bonchev–Trinajstić information content (AvgIpc) is 3.14. The summed E-state index contributed by atoms with van der Waals surface area (Å²) in [6.45, 7) is 4.08. The van der Waals surface area contributed by atoms with E-state index in [-0.39, 0.29) is 24.8 Å². The first-order valence-corrected chi connectivity index (χ1v) is 12.9. The van der Waals surface area contributed by atoms with Crippen LogP contribution >= 0.6 is 11.8 Å². The van der Waals surface area contributed by atoms with E-state index in [2.05, 4.69) is 10.6 Å². The molecule has 204 valence electrons. The third-order valence-electron chi connectivity index (χ3n) is 5.78. The Hall–Kier alpha value is -2.98. The van der Waals surface area contributed by atoms with Crippen LogP contribution in [0.1, 0.15) is 26.7 Å². The Labute approximate surface area is 219 Å². The molecule has 1 aromatic carbocycles. The van der Waals surface area contributed by atoms with E-state index in [9.17, 15) is 32.8 Å². The number of carbonyl (C=O) groups excluding carboxylic acids is 3. The average molecular weight is 543 g/mol. The molecule has 0 saturated carbocycles. The van der Waals surface area contributed by atoms with Crippen LogP contribution in [0.2, 0.25) is 0 Å². The van der Waals surface area contributed by atoms with Crippen molar-refractivity contribution in [3.63, 3.8) is 0 Å². The van der Waals surface area contributed by atoms with Gasteiger partial charge >= 0.3 is 6.18 Å². The van der Waals surface area contributed by atoms with E-state index in [0.29, 0.717) is 25.2 Å². The van der Waals surface area contributed by atoms with Crippen molar-refractivity contribution < 1.29 is 27.6 Å². The lowest BCUT2D eigenvalue weighted by Gasteiger charge is -2.23. The molecule has 3 N–H and O–H groups in total. The summed E-state index contributed by atoms with van der Waals surface area (Å²) in [5.74, 6) is -2.55. The number of hydrogen-bond acceptors (Lipinski definition) is 7. The second kappa shape index (κ2) is 14.1. The van der Waals surface area contributed by atoms with Crippen LogP contribution in [0.15, 0.2) is 24.3 Å². The topological polar surface area (TPSA) is 118 Å². The largest absolute Gasteiger partial charge is 0.405 e. The molecule has 0 bridgehead atoms. The Morgan fingerprint density at radius 1 is 1.27 bits per heavy atom. The van der Waals surface area contributed by atoms with Gasteiger partial charge < -0.3 is 20.9 Å². The molecular weight excluding hydrogens is 509 g/mol. The Bertz CT molecular complexity index is 987. The van der Waals surface area contributed by atoms with Crippen molar-refractivity contribution in [2.24, 2.45) is 5.92 Å². The van der Waals surface area contributed by atoms with Gasteiger partial charge in [-0.05, 0) is 45.1 Å². The Morgan fingerprint density at radius 3 is 2.59 bits per heavy atom. The number of thioether (sulfide) groups is 1. The lowest BCUT2D eigenvalue weighted by molar-refractivity contribution is -0.140.